The normalized spacial score (nSPS) is 22.1. The van der Waals surface area contributed by atoms with Crippen molar-refractivity contribution in [2.75, 3.05) is 6.61 Å². The zero-order valence-corrected chi connectivity index (χ0v) is 15.2. The van der Waals surface area contributed by atoms with Crippen molar-refractivity contribution < 1.29 is 9.47 Å². The van der Waals surface area contributed by atoms with Gasteiger partial charge in [-0.3, -0.25) is 0 Å². The SMILES string of the molecule is C=Cc1ccccc1OC1CCCCCCCCCCCCCO1. The third-order valence-electron chi connectivity index (χ3n) is 4.79. The molecule has 2 nitrogen and oxygen atoms in total. The molecule has 0 amide bonds. The summed E-state index contributed by atoms with van der Waals surface area (Å²) in [7, 11) is 0. The van der Waals surface area contributed by atoms with E-state index in [-0.39, 0.29) is 6.29 Å². The molecule has 2 rings (SSSR count). The molecule has 1 aromatic carbocycles. The topological polar surface area (TPSA) is 18.5 Å². The molecule has 1 saturated heterocycles. The Morgan fingerprint density at radius 2 is 1.42 bits per heavy atom. The minimum absolute atomic E-state index is 0.128. The van der Waals surface area contributed by atoms with Gasteiger partial charge in [-0.15, -0.1) is 0 Å². The lowest BCUT2D eigenvalue weighted by molar-refractivity contribution is -0.0866. The second-order valence-corrected chi connectivity index (χ2v) is 6.84. The maximum atomic E-state index is 6.17. The zero-order chi connectivity index (χ0) is 16.9. The Hall–Kier alpha value is -1.28. The highest BCUT2D eigenvalue weighted by Crippen LogP contribution is 2.23. The minimum atomic E-state index is -0.128. The highest BCUT2D eigenvalue weighted by molar-refractivity contribution is 5.55. The number of hydrogen-bond donors (Lipinski definition) is 0. The fraction of sp³-hybridized carbons (Fsp3) is 0.636. The van der Waals surface area contributed by atoms with Crippen molar-refractivity contribution in [3.63, 3.8) is 0 Å². The Labute approximate surface area is 148 Å². The molecule has 24 heavy (non-hydrogen) atoms. The van der Waals surface area contributed by atoms with Gasteiger partial charge in [0, 0.05) is 12.0 Å². The summed E-state index contributed by atoms with van der Waals surface area (Å²) in [6, 6.07) is 8.07. The third kappa shape index (κ3) is 7.53. The van der Waals surface area contributed by atoms with Crippen molar-refractivity contribution in [2.45, 2.75) is 83.3 Å². The maximum absolute atomic E-state index is 6.17. The number of hydrogen-bond acceptors (Lipinski definition) is 2. The molecule has 1 aliphatic rings. The van der Waals surface area contributed by atoms with Gasteiger partial charge in [0.1, 0.15) is 5.75 Å². The smallest absolute Gasteiger partial charge is 0.199 e. The first-order valence-electron chi connectivity index (χ1n) is 9.90. The Balaban J connectivity index is 1.87. The lowest BCUT2D eigenvalue weighted by atomic mass is 10.1. The largest absolute Gasteiger partial charge is 0.464 e. The van der Waals surface area contributed by atoms with Crippen LogP contribution in [0.15, 0.2) is 30.8 Å². The summed E-state index contributed by atoms with van der Waals surface area (Å²) < 4.78 is 12.2. The molecular weight excluding hydrogens is 296 g/mol. The van der Waals surface area contributed by atoms with E-state index in [0.29, 0.717) is 0 Å². The van der Waals surface area contributed by atoms with Gasteiger partial charge in [0.15, 0.2) is 6.29 Å². The van der Waals surface area contributed by atoms with Gasteiger partial charge in [-0.05, 0) is 18.9 Å². The summed E-state index contributed by atoms with van der Waals surface area (Å²) in [5.41, 5.74) is 1.04. The Kier molecular flexibility index (Phi) is 9.63. The van der Waals surface area contributed by atoms with Crippen LogP contribution >= 0.6 is 0 Å². The van der Waals surface area contributed by atoms with Crippen LogP contribution in [0.4, 0.5) is 0 Å². The maximum Gasteiger partial charge on any atom is 0.199 e. The molecule has 134 valence electrons. The van der Waals surface area contributed by atoms with Crippen molar-refractivity contribution in [3.8, 4) is 5.75 Å². The van der Waals surface area contributed by atoms with Gasteiger partial charge in [-0.2, -0.15) is 0 Å². The van der Waals surface area contributed by atoms with Crippen LogP contribution in [0.1, 0.15) is 82.6 Å². The molecule has 1 aromatic rings. The van der Waals surface area contributed by atoms with Crippen LogP contribution in [0, 0.1) is 0 Å². The Morgan fingerprint density at radius 1 is 0.833 bits per heavy atom. The van der Waals surface area contributed by atoms with Gasteiger partial charge in [0.25, 0.3) is 0 Å². The number of ether oxygens (including phenoxy) is 2. The van der Waals surface area contributed by atoms with E-state index < -0.39 is 0 Å². The van der Waals surface area contributed by atoms with Gasteiger partial charge < -0.3 is 9.47 Å². The first-order valence-corrected chi connectivity index (χ1v) is 9.90. The van der Waals surface area contributed by atoms with E-state index in [0.717, 1.165) is 30.8 Å². The first kappa shape index (κ1) is 19.1. The van der Waals surface area contributed by atoms with Crippen LogP contribution in [-0.4, -0.2) is 12.9 Å². The highest BCUT2D eigenvalue weighted by Gasteiger charge is 2.12. The molecule has 1 fully saturated rings. The number of rotatable bonds is 3. The van der Waals surface area contributed by atoms with Gasteiger partial charge in [-0.1, -0.05) is 88.6 Å². The van der Waals surface area contributed by atoms with E-state index in [1.807, 2.05) is 30.3 Å². The molecular formula is C22H34O2. The summed E-state index contributed by atoms with van der Waals surface area (Å²) in [6.07, 6.45) is 17.3. The summed E-state index contributed by atoms with van der Waals surface area (Å²) in [6.45, 7) is 4.68. The van der Waals surface area contributed by atoms with E-state index >= 15 is 0 Å². The Morgan fingerprint density at radius 3 is 2.08 bits per heavy atom. The van der Waals surface area contributed by atoms with Gasteiger partial charge in [-0.25, -0.2) is 0 Å². The fourth-order valence-corrected chi connectivity index (χ4v) is 3.29. The lowest BCUT2D eigenvalue weighted by Crippen LogP contribution is -2.21. The van der Waals surface area contributed by atoms with Crippen LogP contribution in [-0.2, 0) is 4.74 Å². The van der Waals surface area contributed by atoms with Crippen molar-refractivity contribution in [1.29, 1.82) is 0 Å². The van der Waals surface area contributed by atoms with E-state index in [4.69, 9.17) is 9.47 Å². The molecule has 1 unspecified atom stereocenters. The molecule has 0 radical (unpaired) electrons. The number of para-hydroxylation sites is 1. The van der Waals surface area contributed by atoms with Crippen molar-refractivity contribution >= 4 is 6.08 Å². The molecule has 1 aliphatic heterocycles. The average Bonchev–Trinajstić information content (AvgIpc) is 2.62. The van der Waals surface area contributed by atoms with E-state index in [2.05, 4.69) is 6.58 Å². The van der Waals surface area contributed by atoms with Crippen molar-refractivity contribution in [2.24, 2.45) is 0 Å². The van der Waals surface area contributed by atoms with Gasteiger partial charge in [0.05, 0.1) is 6.61 Å². The van der Waals surface area contributed by atoms with Gasteiger partial charge >= 0.3 is 0 Å². The molecule has 0 N–H and O–H groups in total. The van der Waals surface area contributed by atoms with Gasteiger partial charge in [0.2, 0.25) is 0 Å². The quantitative estimate of drug-likeness (QED) is 0.610. The summed E-state index contributed by atoms with van der Waals surface area (Å²) >= 11 is 0. The monoisotopic (exact) mass is 330 g/mol. The van der Waals surface area contributed by atoms with Crippen LogP contribution in [0.2, 0.25) is 0 Å². The summed E-state index contributed by atoms with van der Waals surface area (Å²) in [4.78, 5) is 0. The second-order valence-electron chi connectivity index (χ2n) is 6.84. The summed E-state index contributed by atoms with van der Waals surface area (Å²) in [5.74, 6) is 0.885. The second kappa shape index (κ2) is 12.1. The molecule has 0 saturated carbocycles. The Bertz CT molecular complexity index is 439. The predicted molar refractivity (Wildman–Crippen MR) is 102 cm³/mol. The molecule has 1 heterocycles. The summed E-state index contributed by atoms with van der Waals surface area (Å²) in [5, 5.41) is 0. The lowest BCUT2D eigenvalue weighted by Gasteiger charge is -2.21. The molecule has 1 atom stereocenters. The molecule has 2 heteroatoms. The van der Waals surface area contributed by atoms with Crippen LogP contribution < -0.4 is 4.74 Å². The first-order chi connectivity index (χ1) is 11.9. The number of benzene rings is 1. The minimum Gasteiger partial charge on any atom is -0.464 e. The van der Waals surface area contributed by atoms with Crippen molar-refractivity contribution in [3.05, 3.63) is 36.4 Å². The predicted octanol–water partition coefficient (Wildman–Crippen LogP) is 6.75. The zero-order valence-electron chi connectivity index (χ0n) is 15.2. The van der Waals surface area contributed by atoms with Crippen molar-refractivity contribution in [1.82, 2.24) is 0 Å². The van der Waals surface area contributed by atoms with E-state index in [1.54, 1.807) is 0 Å². The van der Waals surface area contributed by atoms with Crippen LogP contribution in [0.3, 0.4) is 0 Å². The van der Waals surface area contributed by atoms with E-state index in [9.17, 15) is 0 Å². The molecule has 0 aromatic heterocycles. The van der Waals surface area contributed by atoms with Crippen LogP contribution in [0.5, 0.6) is 5.75 Å². The molecule has 0 spiro atoms. The molecule has 0 aliphatic carbocycles. The average molecular weight is 331 g/mol. The highest BCUT2D eigenvalue weighted by atomic mass is 16.7. The molecule has 0 bridgehead atoms. The van der Waals surface area contributed by atoms with Crippen LogP contribution in [0.25, 0.3) is 6.08 Å². The third-order valence-corrected chi connectivity index (χ3v) is 4.79. The fourth-order valence-electron chi connectivity index (χ4n) is 3.29. The van der Waals surface area contributed by atoms with E-state index in [1.165, 1.54) is 64.2 Å². The standard InChI is InChI=1S/C22H34O2/c1-2-20-16-13-14-17-21(20)24-22-18-12-10-8-6-4-3-5-7-9-11-15-19-23-22/h2,13-14,16-17,22H,1,3-12,15,18-19H2.